The van der Waals surface area contributed by atoms with E-state index < -0.39 is 18.9 Å². The zero-order valence-electron chi connectivity index (χ0n) is 14.6. The monoisotopic (exact) mass is 406 g/mol. The third-order valence-electron chi connectivity index (χ3n) is 4.41. The summed E-state index contributed by atoms with van der Waals surface area (Å²) >= 11 is 12.2. The van der Waals surface area contributed by atoms with Crippen LogP contribution in [0.2, 0.25) is 15.9 Å². The SMILES string of the molecule is CCOC(=O)c1cccc2c1OB(O)[C@@H](CC(=O)c1c(Cl)cccc1Cl)C2. The van der Waals surface area contributed by atoms with Gasteiger partial charge in [-0.2, -0.15) is 0 Å². The number of hydrogen-bond donors (Lipinski definition) is 1. The molecule has 1 atom stereocenters. The predicted octanol–water partition coefficient (Wildman–Crippen LogP) is 4.23. The van der Waals surface area contributed by atoms with Crippen molar-refractivity contribution in [3.05, 3.63) is 63.1 Å². The Labute approximate surface area is 167 Å². The minimum absolute atomic E-state index is 0.00763. The van der Waals surface area contributed by atoms with Crippen LogP contribution in [0.25, 0.3) is 0 Å². The van der Waals surface area contributed by atoms with Gasteiger partial charge in [-0.25, -0.2) is 4.79 Å². The molecule has 27 heavy (non-hydrogen) atoms. The Balaban J connectivity index is 1.82. The molecule has 0 radical (unpaired) electrons. The van der Waals surface area contributed by atoms with Gasteiger partial charge >= 0.3 is 13.1 Å². The van der Waals surface area contributed by atoms with Crippen molar-refractivity contribution >= 4 is 42.1 Å². The maximum Gasteiger partial charge on any atom is 0.526 e. The molecule has 8 heteroatoms. The standard InChI is InChI=1S/C19H17BCl2O5/c1-2-26-19(24)13-6-3-5-11-9-12(20(25)27-18(11)13)10-16(23)17-14(21)7-4-8-15(17)22/h3-8,12,25H,2,9-10H2,1H3/t12-/m1/s1. The Morgan fingerprint density at radius 3 is 2.56 bits per heavy atom. The van der Waals surface area contributed by atoms with Crippen molar-refractivity contribution in [1.29, 1.82) is 0 Å². The molecule has 1 heterocycles. The van der Waals surface area contributed by atoms with E-state index in [0.717, 1.165) is 5.56 Å². The van der Waals surface area contributed by atoms with Gasteiger partial charge in [-0.3, -0.25) is 4.79 Å². The number of hydrogen-bond acceptors (Lipinski definition) is 5. The van der Waals surface area contributed by atoms with Crippen LogP contribution < -0.4 is 4.65 Å². The molecule has 0 unspecified atom stereocenters. The summed E-state index contributed by atoms with van der Waals surface area (Å²) in [7, 11) is -1.24. The van der Waals surface area contributed by atoms with Crippen LogP contribution in [0.15, 0.2) is 36.4 Å². The fourth-order valence-electron chi connectivity index (χ4n) is 3.13. The Kier molecular flexibility index (Phi) is 6.10. The van der Waals surface area contributed by atoms with Crippen LogP contribution in [0, 0.1) is 0 Å². The molecule has 2 aromatic carbocycles. The third-order valence-corrected chi connectivity index (χ3v) is 5.04. The highest BCUT2D eigenvalue weighted by molar-refractivity contribution is 6.47. The Hall–Kier alpha value is -2.02. The van der Waals surface area contributed by atoms with Crippen LogP contribution in [0.3, 0.4) is 0 Å². The first-order valence-electron chi connectivity index (χ1n) is 8.53. The molecule has 5 nitrogen and oxygen atoms in total. The van der Waals surface area contributed by atoms with Gasteiger partial charge in [0.1, 0.15) is 11.3 Å². The lowest BCUT2D eigenvalue weighted by Gasteiger charge is -2.28. The van der Waals surface area contributed by atoms with E-state index in [0.29, 0.717) is 12.2 Å². The van der Waals surface area contributed by atoms with E-state index in [9.17, 15) is 14.6 Å². The highest BCUT2D eigenvalue weighted by Gasteiger charge is 2.38. The zero-order valence-corrected chi connectivity index (χ0v) is 16.1. The first-order valence-corrected chi connectivity index (χ1v) is 9.29. The lowest BCUT2D eigenvalue weighted by molar-refractivity contribution is 0.0523. The van der Waals surface area contributed by atoms with Crippen LogP contribution in [-0.2, 0) is 11.2 Å². The lowest BCUT2D eigenvalue weighted by Crippen LogP contribution is -2.36. The number of ketones is 1. The van der Waals surface area contributed by atoms with Crippen molar-refractivity contribution in [1.82, 2.24) is 0 Å². The molecule has 3 rings (SSSR count). The Morgan fingerprint density at radius 1 is 1.22 bits per heavy atom. The molecule has 0 saturated heterocycles. The number of Topliss-reactive ketones (excluding diaryl/α,β-unsaturated/α-hetero) is 1. The van der Waals surface area contributed by atoms with Gasteiger partial charge < -0.3 is 14.4 Å². The van der Waals surface area contributed by atoms with Gasteiger partial charge in [0.15, 0.2) is 5.78 Å². The minimum atomic E-state index is -1.24. The lowest BCUT2D eigenvalue weighted by atomic mass is 9.64. The zero-order chi connectivity index (χ0) is 19.6. The van der Waals surface area contributed by atoms with Crippen LogP contribution in [0.5, 0.6) is 5.75 Å². The third kappa shape index (κ3) is 4.13. The van der Waals surface area contributed by atoms with Gasteiger partial charge in [0.2, 0.25) is 0 Å². The first kappa shape index (κ1) is 19.7. The van der Waals surface area contributed by atoms with E-state index in [2.05, 4.69) is 0 Å². The fraction of sp³-hybridized carbons (Fsp3) is 0.263. The molecule has 0 bridgehead atoms. The first-order chi connectivity index (χ1) is 12.9. The largest absolute Gasteiger partial charge is 0.535 e. The number of fused-ring (bicyclic) bond motifs is 1. The van der Waals surface area contributed by atoms with E-state index >= 15 is 0 Å². The summed E-state index contributed by atoms with van der Waals surface area (Å²) in [5.74, 6) is -0.986. The Morgan fingerprint density at radius 2 is 1.89 bits per heavy atom. The number of rotatable bonds is 5. The number of halogens is 2. The van der Waals surface area contributed by atoms with Crippen LogP contribution in [0.4, 0.5) is 0 Å². The van der Waals surface area contributed by atoms with Gasteiger partial charge in [-0.1, -0.05) is 41.4 Å². The molecule has 0 amide bonds. The van der Waals surface area contributed by atoms with E-state index in [1.165, 1.54) is 0 Å². The fourth-order valence-corrected chi connectivity index (χ4v) is 3.74. The van der Waals surface area contributed by atoms with Crippen molar-refractivity contribution in [2.24, 2.45) is 0 Å². The maximum absolute atomic E-state index is 12.7. The van der Waals surface area contributed by atoms with E-state index in [-0.39, 0.29) is 40.0 Å². The quantitative estimate of drug-likeness (QED) is 0.457. The molecule has 1 aliphatic rings. The van der Waals surface area contributed by atoms with Crippen molar-refractivity contribution in [2.75, 3.05) is 6.61 Å². The summed E-state index contributed by atoms with van der Waals surface area (Å²) in [5.41, 5.74) is 1.22. The second-order valence-electron chi connectivity index (χ2n) is 6.21. The molecule has 0 aliphatic carbocycles. The highest BCUT2D eigenvalue weighted by Crippen LogP contribution is 2.38. The van der Waals surface area contributed by atoms with Gasteiger partial charge in [0, 0.05) is 12.2 Å². The number of benzene rings is 2. The maximum atomic E-state index is 12.7. The van der Waals surface area contributed by atoms with E-state index in [1.54, 1.807) is 43.3 Å². The number of para-hydroxylation sites is 1. The average Bonchev–Trinajstić information content (AvgIpc) is 2.62. The molecule has 140 valence electrons. The smallest absolute Gasteiger partial charge is 0.526 e. The molecule has 1 aliphatic heterocycles. The van der Waals surface area contributed by atoms with Crippen molar-refractivity contribution < 1.29 is 24.0 Å². The number of esters is 1. The number of ether oxygens (including phenoxy) is 1. The summed E-state index contributed by atoms with van der Waals surface area (Å²) in [5, 5.41) is 10.9. The van der Waals surface area contributed by atoms with Crippen molar-refractivity contribution in [3.8, 4) is 5.75 Å². The second-order valence-corrected chi connectivity index (χ2v) is 7.03. The van der Waals surface area contributed by atoms with Gasteiger partial charge in [0.25, 0.3) is 0 Å². The molecule has 0 saturated carbocycles. The van der Waals surface area contributed by atoms with Crippen LogP contribution in [-0.4, -0.2) is 30.5 Å². The van der Waals surface area contributed by atoms with Gasteiger partial charge in [0.05, 0.1) is 22.2 Å². The summed E-state index contributed by atoms with van der Waals surface area (Å²) in [6.45, 7) is 1.95. The van der Waals surface area contributed by atoms with Crippen molar-refractivity contribution in [3.63, 3.8) is 0 Å². The van der Waals surface area contributed by atoms with E-state index in [4.69, 9.17) is 32.6 Å². The summed E-state index contributed by atoms with van der Waals surface area (Å²) in [6.07, 6.45) is 0.380. The molecule has 0 spiro atoms. The predicted molar refractivity (Wildman–Crippen MR) is 104 cm³/mol. The summed E-state index contributed by atoms with van der Waals surface area (Å²) < 4.78 is 10.6. The number of carbonyl (C=O) groups excluding carboxylic acids is 2. The Bertz CT molecular complexity index is 866. The van der Waals surface area contributed by atoms with Crippen LogP contribution in [0.1, 0.15) is 39.6 Å². The minimum Gasteiger partial charge on any atom is -0.535 e. The van der Waals surface area contributed by atoms with E-state index in [1.807, 2.05) is 0 Å². The normalized spacial score (nSPS) is 15.7. The topological polar surface area (TPSA) is 72.8 Å². The second kappa shape index (κ2) is 8.34. The van der Waals surface area contributed by atoms with Gasteiger partial charge in [-0.05, 0) is 37.1 Å². The molecule has 1 N–H and O–H groups in total. The van der Waals surface area contributed by atoms with Crippen LogP contribution >= 0.6 is 23.2 Å². The van der Waals surface area contributed by atoms with Gasteiger partial charge in [-0.15, -0.1) is 0 Å². The molecular formula is C19H17BCl2O5. The number of carbonyl (C=O) groups is 2. The average molecular weight is 407 g/mol. The molecular weight excluding hydrogens is 390 g/mol. The summed E-state index contributed by atoms with van der Waals surface area (Å²) in [6, 6.07) is 9.94. The van der Waals surface area contributed by atoms with Crippen molar-refractivity contribution in [2.45, 2.75) is 25.6 Å². The molecule has 0 aromatic heterocycles. The summed E-state index contributed by atoms with van der Waals surface area (Å²) in [4.78, 5) is 24.7. The molecule has 2 aromatic rings. The molecule has 0 fully saturated rings. The highest BCUT2D eigenvalue weighted by atomic mass is 35.5.